The van der Waals surface area contributed by atoms with E-state index in [1.807, 2.05) is 0 Å². The monoisotopic (exact) mass is 534 g/mol. The lowest BCUT2D eigenvalue weighted by molar-refractivity contribution is -0.231. The summed E-state index contributed by atoms with van der Waals surface area (Å²) in [7, 11) is 0. The summed E-state index contributed by atoms with van der Waals surface area (Å²) >= 11 is 0. The third-order valence-electron chi connectivity index (χ3n) is 7.17. The van der Waals surface area contributed by atoms with Crippen LogP contribution in [0.5, 0.6) is 11.5 Å². The van der Waals surface area contributed by atoms with Crippen molar-refractivity contribution in [1.82, 2.24) is 0 Å². The zero-order valence-electron chi connectivity index (χ0n) is 20.0. The van der Waals surface area contributed by atoms with Crippen LogP contribution in [-0.2, 0) is 11.8 Å². The minimum Gasteiger partial charge on any atom is -0.491 e. The van der Waals surface area contributed by atoms with Gasteiger partial charge in [-0.3, -0.25) is 0 Å². The van der Waals surface area contributed by atoms with Gasteiger partial charge in [-0.2, -0.15) is 26.3 Å². The summed E-state index contributed by atoms with van der Waals surface area (Å²) in [6.07, 6.45) is 0.505. The van der Waals surface area contributed by atoms with Crippen LogP contribution >= 0.6 is 0 Å². The molecular weight excluding hydrogens is 508 g/mol. The Labute approximate surface area is 209 Å². The Morgan fingerprint density at radius 2 is 1.41 bits per heavy atom. The van der Waals surface area contributed by atoms with Crippen LogP contribution in [0, 0.1) is 23.5 Å². The minimum atomic E-state index is -5.26. The van der Waals surface area contributed by atoms with Crippen LogP contribution in [0.2, 0.25) is 0 Å². The number of hydrogen-bond acceptors (Lipinski definition) is 2. The van der Waals surface area contributed by atoms with E-state index in [1.54, 1.807) is 6.08 Å². The molecule has 10 heteroatoms. The van der Waals surface area contributed by atoms with Crippen LogP contribution < -0.4 is 9.47 Å². The fourth-order valence-corrected chi connectivity index (χ4v) is 5.21. The van der Waals surface area contributed by atoms with E-state index in [-0.39, 0.29) is 25.4 Å². The molecule has 2 aromatic carbocycles. The van der Waals surface area contributed by atoms with Gasteiger partial charge >= 0.3 is 18.0 Å². The lowest BCUT2D eigenvalue weighted by Crippen LogP contribution is -2.41. The number of alkyl halides is 6. The molecular formula is C27H26F8O2. The molecule has 0 aromatic heterocycles. The van der Waals surface area contributed by atoms with Gasteiger partial charge in [0.15, 0.2) is 23.1 Å². The average molecular weight is 534 g/mol. The Balaban J connectivity index is 1.69. The zero-order valence-corrected chi connectivity index (χ0v) is 20.0. The summed E-state index contributed by atoms with van der Waals surface area (Å²) in [6, 6.07) is 3.31. The molecule has 0 N–H and O–H groups in total. The summed E-state index contributed by atoms with van der Waals surface area (Å²) in [4.78, 5) is 0. The maximum Gasteiger partial charge on any atom is 0.400 e. The molecule has 1 fully saturated rings. The van der Waals surface area contributed by atoms with Crippen molar-refractivity contribution in [3.8, 4) is 22.6 Å². The van der Waals surface area contributed by atoms with Gasteiger partial charge < -0.3 is 9.47 Å². The molecule has 0 saturated heterocycles. The molecule has 0 aliphatic heterocycles. The number of benzene rings is 2. The second-order valence-electron chi connectivity index (χ2n) is 9.43. The van der Waals surface area contributed by atoms with E-state index in [0.717, 1.165) is 31.0 Å². The summed E-state index contributed by atoms with van der Waals surface area (Å²) in [5.74, 6) is -17.2. The van der Waals surface area contributed by atoms with Crippen molar-refractivity contribution in [3.05, 3.63) is 59.7 Å². The first-order valence-corrected chi connectivity index (χ1v) is 12.1. The van der Waals surface area contributed by atoms with E-state index in [0.29, 0.717) is 18.9 Å². The van der Waals surface area contributed by atoms with Gasteiger partial charge in [-0.05, 0) is 86.8 Å². The highest BCUT2D eigenvalue weighted by atomic mass is 19.3. The molecule has 1 saturated carbocycles. The number of ether oxygens (including phenoxy) is 2. The van der Waals surface area contributed by atoms with Crippen molar-refractivity contribution in [3.63, 3.8) is 0 Å². The zero-order chi connectivity index (χ0) is 27.2. The second kappa shape index (κ2) is 9.83. The van der Waals surface area contributed by atoms with E-state index in [1.165, 1.54) is 6.92 Å². The molecule has 4 rings (SSSR count). The highest BCUT2D eigenvalue weighted by molar-refractivity contribution is 5.78. The molecule has 0 unspecified atom stereocenters. The summed E-state index contributed by atoms with van der Waals surface area (Å²) in [6.45, 7) is 4.96. The minimum absolute atomic E-state index is 0.0738. The quantitative estimate of drug-likeness (QED) is 0.249. The van der Waals surface area contributed by atoms with Crippen molar-refractivity contribution in [2.24, 2.45) is 11.8 Å². The molecule has 0 radical (unpaired) electrons. The molecule has 2 aliphatic carbocycles. The molecule has 0 atom stereocenters. The molecule has 2 aromatic rings. The van der Waals surface area contributed by atoms with E-state index in [4.69, 9.17) is 4.74 Å². The largest absolute Gasteiger partial charge is 0.491 e. The van der Waals surface area contributed by atoms with Gasteiger partial charge in [0.2, 0.25) is 0 Å². The Morgan fingerprint density at radius 3 is 1.92 bits per heavy atom. The predicted octanol–water partition coefficient (Wildman–Crippen LogP) is 8.97. The fourth-order valence-electron chi connectivity index (χ4n) is 5.21. The predicted molar refractivity (Wildman–Crippen MR) is 121 cm³/mol. The third-order valence-corrected chi connectivity index (χ3v) is 7.17. The molecule has 37 heavy (non-hydrogen) atoms. The first-order chi connectivity index (χ1) is 17.4. The first-order valence-electron chi connectivity index (χ1n) is 12.1. The number of rotatable bonds is 8. The standard InChI is InChI=1S/C27H26F8O2/c1-3-5-6-15-7-9-16(10-8-15)27(34,35)37-20-14-12-18-17-11-13-19(36-4-2)23(28)21(17)25(30,31)26(32,33)22(18)24(20)29/h3,11-16H,1,4-10H2,2H3. The van der Waals surface area contributed by atoms with Crippen LogP contribution in [0.3, 0.4) is 0 Å². The Bertz CT molecular complexity index is 1170. The number of halogens is 8. The van der Waals surface area contributed by atoms with E-state index in [2.05, 4.69) is 11.3 Å². The topological polar surface area (TPSA) is 18.5 Å². The van der Waals surface area contributed by atoms with Crippen LogP contribution in [0.1, 0.15) is 56.6 Å². The molecule has 0 bridgehead atoms. The Morgan fingerprint density at radius 1 is 0.892 bits per heavy atom. The molecule has 202 valence electrons. The third kappa shape index (κ3) is 4.56. The Hall–Kier alpha value is -2.78. The van der Waals surface area contributed by atoms with Crippen molar-refractivity contribution in [2.45, 2.75) is 63.4 Å². The van der Waals surface area contributed by atoms with Crippen LogP contribution in [0.4, 0.5) is 35.1 Å². The number of hydrogen-bond donors (Lipinski definition) is 0. The molecule has 0 amide bonds. The van der Waals surface area contributed by atoms with Gasteiger partial charge in [0, 0.05) is 0 Å². The Kier molecular flexibility index (Phi) is 7.25. The summed E-state index contributed by atoms with van der Waals surface area (Å²) < 4.78 is 130. The van der Waals surface area contributed by atoms with Crippen LogP contribution in [0.15, 0.2) is 36.9 Å². The van der Waals surface area contributed by atoms with Gasteiger partial charge in [0.1, 0.15) is 0 Å². The first kappa shape index (κ1) is 27.3. The van der Waals surface area contributed by atoms with Gasteiger partial charge in [0.05, 0.1) is 23.7 Å². The molecule has 2 nitrogen and oxygen atoms in total. The summed E-state index contributed by atoms with van der Waals surface area (Å²) in [5, 5.41) is 0. The van der Waals surface area contributed by atoms with Crippen molar-refractivity contribution in [2.75, 3.05) is 6.61 Å². The van der Waals surface area contributed by atoms with Gasteiger partial charge in [-0.25, -0.2) is 8.78 Å². The number of allylic oxidation sites excluding steroid dienone is 1. The van der Waals surface area contributed by atoms with Gasteiger partial charge in [-0.15, -0.1) is 6.58 Å². The molecule has 0 spiro atoms. The van der Waals surface area contributed by atoms with Gasteiger partial charge in [0.25, 0.3) is 0 Å². The van der Waals surface area contributed by atoms with Crippen molar-refractivity contribution < 1.29 is 44.6 Å². The lowest BCUT2D eigenvalue weighted by Gasteiger charge is -2.36. The van der Waals surface area contributed by atoms with Gasteiger partial charge in [-0.1, -0.05) is 6.08 Å². The van der Waals surface area contributed by atoms with E-state index in [9.17, 15) is 22.0 Å². The molecule has 2 aliphatic rings. The van der Waals surface area contributed by atoms with E-state index < -0.39 is 69.3 Å². The SMILES string of the molecule is C=CCCC1CCC(C(F)(F)Oc2ccc3c(c2F)C(F)(F)C(F)(F)c2c-3ccc(OCC)c2F)CC1. The second-order valence-corrected chi connectivity index (χ2v) is 9.43. The fraction of sp³-hybridized carbons (Fsp3) is 0.481. The van der Waals surface area contributed by atoms with Crippen LogP contribution in [0.25, 0.3) is 11.1 Å². The maximum absolute atomic E-state index is 15.3. The van der Waals surface area contributed by atoms with Crippen molar-refractivity contribution >= 4 is 0 Å². The van der Waals surface area contributed by atoms with Crippen molar-refractivity contribution in [1.29, 1.82) is 0 Å². The normalized spacial score (nSPS) is 22.1. The highest BCUT2D eigenvalue weighted by Crippen LogP contribution is 2.60. The maximum atomic E-state index is 15.3. The highest BCUT2D eigenvalue weighted by Gasteiger charge is 2.66. The summed E-state index contributed by atoms with van der Waals surface area (Å²) in [5.41, 5.74) is -4.91. The smallest absolute Gasteiger partial charge is 0.400 e. The van der Waals surface area contributed by atoms with E-state index >= 15 is 13.2 Å². The van der Waals surface area contributed by atoms with Crippen LogP contribution in [-0.4, -0.2) is 12.7 Å². The molecule has 0 heterocycles. The number of fused-ring (bicyclic) bond motifs is 3. The lowest BCUT2D eigenvalue weighted by atomic mass is 9.79. The average Bonchev–Trinajstić information content (AvgIpc) is 2.84.